The third-order valence-electron chi connectivity index (χ3n) is 2.05. The maximum Gasteiger partial charge on any atom is 0.129 e. The van der Waals surface area contributed by atoms with Crippen LogP contribution in [-0.4, -0.2) is 5.78 Å². The van der Waals surface area contributed by atoms with Gasteiger partial charge in [0.05, 0.1) is 11.5 Å². The topological polar surface area (TPSA) is 40.9 Å². The quantitative estimate of drug-likeness (QED) is 0.593. The molecule has 0 heterocycles. The van der Waals surface area contributed by atoms with Gasteiger partial charge in [-0.05, 0) is 26.2 Å². The average Bonchev–Trinajstić information content (AvgIpc) is 2.64. The Morgan fingerprint density at radius 3 is 2.60 bits per heavy atom. The number of Topliss-reactive ketones (excluding diaryl/α,β-unsaturated/α-hetero) is 1. The molecule has 0 bridgehead atoms. The molecule has 0 N–H and O–H groups in total. The molecule has 0 atom stereocenters. The molecule has 0 saturated heterocycles. The van der Waals surface area contributed by atoms with E-state index in [1.165, 1.54) is 0 Å². The van der Waals surface area contributed by atoms with Crippen LogP contribution >= 0.6 is 0 Å². The number of hydrogen-bond acceptors (Lipinski definition) is 2. The van der Waals surface area contributed by atoms with Crippen molar-refractivity contribution >= 4 is 5.78 Å². The standard InChI is InChI=1S/C8H11NO/c1-7(10)2-3-8(6-9)4-5-8/h2-5H2,1H3. The maximum absolute atomic E-state index is 10.5. The van der Waals surface area contributed by atoms with Gasteiger partial charge in [0.2, 0.25) is 0 Å². The van der Waals surface area contributed by atoms with Crippen molar-refractivity contribution in [3.8, 4) is 6.07 Å². The average molecular weight is 137 g/mol. The summed E-state index contributed by atoms with van der Waals surface area (Å²) in [6, 6.07) is 2.26. The largest absolute Gasteiger partial charge is 0.300 e. The summed E-state index contributed by atoms with van der Waals surface area (Å²) in [5.74, 6) is 0.196. The number of carbonyl (C=O) groups excluding carboxylic acids is 1. The molecule has 10 heavy (non-hydrogen) atoms. The van der Waals surface area contributed by atoms with Crippen LogP contribution in [0.15, 0.2) is 0 Å². The first-order valence-corrected chi connectivity index (χ1v) is 3.59. The lowest BCUT2D eigenvalue weighted by atomic mass is 10.0. The molecule has 0 spiro atoms. The van der Waals surface area contributed by atoms with Gasteiger partial charge in [-0.3, -0.25) is 0 Å². The second-order valence-corrected chi connectivity index (χ2v) is 3.09. The van der Waals surface area contributed by atoms with Gasteiger partial charge in [-0.25, -0.2) is 0 Å². The van der Waals surface area contributed by atoms with E-state index in [9.17, 15) is 4.79 Å². The van der Waals surface area contributed by atoms with Gasteiger partial charge in [0.1, 0.15) is 5.78 Å². The van der Waals surface area contributed by atoms with E-state index in [1.54, 1.807) is 6.92 Å². The fraction of sp³-hybridized carbons (Fsp3) is 0.750. The molecule has 2 nitrogen and oxygen atoms in total. The van der Waals surface area contributed by atoms with Crippen LogP contribution < -0.4 is 0 Å². The van der Waals surface area contributed by atoms with E-state index >= 15 is 0 Å². The molecule has 0 aromatic rings. The minimum Gasteiger partial charge on any atom is -0.300 e. The van der Waals surface area contributed by atoms with Crippen LogP contribution in [0.3, 0.4) is 0 Å². The number of rotatable bonds is 3. The summed E-state index contributed by atoms with van der Waals surface area (Å²) < 4.78 is 0. The fourth-order valence-electron chi connectivity index (χ4n) is 0.984. The Morgan fingerprint density at radius 2 is 2.30 bits per heavy atom. The van der Waals surface area contributed by atoms with Crippen molar-refractivity contribution in [1.82, 2.24) is 0 Å². The van der Waals surface area contributed by atoms with E-state index in [2.05, 4.69) is 6.07 Å². The molecule has 0 aromatic heterocycles. The third kappa shape index (κ3) is 1.57. The lowest BCUT2D eigenvalue weighted by molar-refractivity contribution is -0.117. The molecule has 0 amide bonds. The van der Waals surface area contributed by atoms with Crippen molar-refractivity contribution in [3.63, 3.8) is 0 Å². The minimum absolute atomic E-state index is 0.0916. The van der Waals surface area contributed by atoms with E-state index in [0.29, 0.717) is 6.42 Å². The van der Waals surface area contributed by atoms with Gasteiger partial charge in [0.25, 0.3) is 0 Å². The number of nitriles is 1. The SMILES string of the molecule is CC(=O)CCC1(C#N)CC1. The van der Waals surface area contributed by atoms with Crippen LogP contribution in [0, 0.1) is 16.7 Å². The Labute approximate surface area is 60.8 Å². The molecule has 1 aliphatic carbocycles. The van der Waals surface area contributed by atoms with Crippen LogP contribution in [-0.2, 0) is 4.79 Å². The normalized spacial score (nSPS) is 19.6. The molecule has 0 unspecified atom stereocenters. The molecular weight excluding hydrogens is 126 g/mol. The van der Waals surface area contributed by atoms with Crippen molar-refractivity contribution in [2.24, 2.45) is 5.41 Å². The van der Waals surface area contributed by atoms with E-state index in [-0.39, 0.29) is 11.2 Å². The van der Waals surface area contributed by atoms with E-state index < -0.39 is 0 Å². The highest BCUT2D eigenvalue weighted by atomic mass is 16.1. The predicted octanol–water partition coefficient (Wildman–Crippen LogP) is 1.66. The van der Waals surface area contributed by atoms with Crippen molar-refractivity contribution in [2.75, 3.05) is 0 Å². The van der Waals surface area contributed by atoms with Gasteiger partial charge < -0.3 is 4.79 Å². The van der Waals surface area contributed by atoms with Crippen LogP contribution in [0.2, 0.25) is 0 Å². The summed E-state index contributed by atoms with van der Waals surface area (Å²) in [5, 5.41) is 8.61. The molecule has 1 fully saturated rings. The highest BCUT2D eigenvalue weighted by Gasteiger charge is 2.42. The highest BCUT2D eigenvalue weighted by Crippen LogP contribution is 2.48. The number of carbonyl (C=O) groups is 1. The third-order valence-corrected chi connectivity index (χ3v) is 2.05. The molecule has 0 aliphatic heterocycles. The monoisotopic (exact) mass is 137 g/mol. The molecule has 54 valence electrons. The summed E-state index contributed by atoms with van der Waals surface area (Å²) >= 11 is 0. The highest BCUT2D eigenvalue weighted by molar-refractivity contribution is 5.75. The van der Waals surface area contributed by atoms with Gasteiger partial charge >= 0.3 is 0 Å². The van der Waals surface area contributed by atoms with Crippen LogP contribution in [0.5, 0.6) is 0 Å². The first-order chi connectivity index (χ1) is 4.68. The second kappa shape index (κ2) is 2.42. The first-order valence-electron chi connectivity index (χ1n) is 3.59. The Bertz CT molecular complexity index is 186. The minimum atomic E-state index is -0.0916. The lowest BCUT2D eigenvalue weighted by Crippen LogP contribution is -1.99. The fourth-order valence-corrected chi connectivity index (χ4v) is 0.984. The van der Waals surface area contributed by atoms with Crippen molar-refractivity contribution in [3.05, 3.63) is 0 Å². The zero-order valence-corrected chi connectivity index (χ0v) is 6.18. The second-order valence-electron chi connectivity index (χ2n) is 3.09. The van der Waals surface area contributed by atoms with E-state index in [4.69, 9.17) is 5.26 Å². The number of nitrogens with zero attached hydrogens (tertiary/aromatic N) is 1. The van der Waals surface area contributed by atoms with E-state index in [0.717, 1.165) is 19.3 Å². The Morgan fingerprint density at radius 1 is 1.70 bits per heavy atom. The molecule has 0 aromatic carbocycles. The molecule has 1 saturated carbocycles. The summed E-state index contributed by atoms with van der Waals surface area (Å²) in [7, 11) is 0. The predicted molar refractivity (Wildman–Crippen MR) is 37.2 cm³/mol. The zero-order valence-electron chi connectivity index (χ0n) is 6.18. The Kier molecular flexibility index (Phi) is 1.76. The van der Waals surface area contributed by atoms with Gasteiger partial charge in [-0.1, -0.05) is 0 Å². The van der Waals surface area contributed by atoms with Gasteiger partial charge in [0, 0.05) is 6.42 Å². The molecular formula is C8H11NO. The summed E-state index contributed by atoms with van der Waals surface area (Å²) in [4.78, 5) is 10.5. The van der Waals surface area contributed by atoms with Crippen LogP contribution in [0.25, 0.3) is 0 Å². The smallest absolute Gasteiger partial charge is 0.129 e. The Balaban J connectivity index is 2.27. The van der Waals surface area contributed by atoms with Crippen molar-refractivity contribution in [2.45, 2.75) is 32.6 Å². The maximum atomic E-state index is 10.5. The van der Waals surface area contributed by atoms with Gasteiger partial charge in [-0.15, -0.1) is 0 Å². The molecule has 0 radical (unpaired) electrons. The summed E-state index contributed by atoms with van der Waals surface area (Å²) in [5.41, 5.74) is -0.0916. The van der Waals surface area contributed by atoms with Crippen molar-refractivity contribution < 1.29 is 4.79 Å². The van der Waals surface area contributed by atoms with E-state index in [1.807, 2.05) is 0 Å². The number of ketones is 1. The zero-order chi connectivity index (χ0) is 7.61. The Hall–Kier alpha value is -0.840. The summed E-state index contributed by atoms with van der Waals surface area (Å²) in [6.07, 6.45) is 3.35. The summed E-state index contributed by atoms with van der Waals surface area (Å²) in [6.45, 7) is 1.58. The van der Waals surface area contributed by atoms with Crippen LogP contribution in [0.1, 0.15) is 32.6 Å². The van der Waals surface area contributed by atoms with Crippen LogP contribution in [0.4, 0.5) is 0 Å². The number of hydrogen-bond donors (Lipinski definition) is 0. The van der Waals surface area contributed by atoms with Gasteiger partial charge in [-0.2, -0.15) is 5.26 Å². The first kappa shape index (κ1) is 7.27. The van der Waals surface area contributed by atoms with Crippen molar-refractivity contribution in [1.29, 1.82) is 5.26 Å². The molecule has 1 rings (SSSR count). The molecule has 2 heteroatoms. The van der Waals surface area contributed by atoms with Gasteiger partial charge in [0.15, 0.2) is 0 Å². The lowest BCUT2D eigenvalue weighted by Gasteiger charge is -2.00. The molecule has 1 aliphatic rings.